The summed E-state index contributed by atoms with van der Waals surface area (Å²) in [6.07, 6.45) is 0. The highest BCUT2D eigenvalue weighted by molar-refractivity contribution is 14.1. The van der Waals surface area contributed by atoms with Gasteiger partial charge in [-0.2, -0.15) is 0 Å². The summed E-state index contributed by atoms with van der Waals surface area (Å²) in [5.41, 5.74) is 0.570. The molecular formula is C20H16IO2S+. The Kier molecular flexibility index (Phi) is 5.58. The molecule has 1 atom stereocenters. The van der Waals surface area contributed by atoms with Crippen molar-refractivity contribution in [1.82, 2.24) is 0 Å². The zero-order valence-corrected chi connectivity index (χ0v) is 16.1. The van der Waals surface area contributed by atoms with E-state index in [-0.39, 0.29) is 16.9 Å². The predicted octanol–water partition coefficient (Wildman–Crippen LogP) is 5.17. The predicted molar refractivity (Wildman–Crippen MR) is 106 cm³/mol. The lowest BCUT2D eigenvalue weighted by Gasteiger charge is -2.08. The molecule has 0 radical (unpaired) electrons. The van der Waals surface area contributed by atoms with Gasteiger partial charge in [-0.15, -0.1) is 0 Å². The van der Waals surface area contributed by atoms with E-state index in [2.05, 4.69) is 71.1 Å². The van der Waals surface area contributed by atoms with Gasteiger partial charge in [-0.3, -0.25) is 0 Å². The molecule has 4 heteroatoms. The molecule has 0 N–H and O–H groups in total. The first kappa shape index (κ1) is 17.0. The van der Waals surface area contributed by atoms with Gasteiger partial charge in [0.25, 0.3) is 0 Å². The summed E-state index contributed by atoms with van der Waals surface area (Å²) in [6.45, 7) is 0. The van der Waals surface area contributed by atoms with Crippen LogP contribution in [0.1, 0.15) is 10.4 Å². The normalized spacial score (nSPS) is 11.8. The fraction of sp³-hybridized carbons (Fsp3) is 0.0500. The fourth-order valence-electron chi connectivity index (χ4n) is 2.38. The lowest BCUT2D eigenvalue weighted by Crippen LogP contribution is -2.06. The molecule has 3 rings (SSSR count). The summed E-state index contributed by atoms with van der Waals surface area (Å²) >= 11 is 2.32. The first-order chi connectivity index (χ1) is 11.7. The van der Waals surface area contributed by atoms with E-state index in [9.17, 15) is 4.79 Å². The quantitative estimate of drug-likeness (QED) is 0.313. The van der Waals surface area contributed by atoms with Crippen LogP contribution in [0, 0.1) is 3.57 Å². The van der Waals surface area contributed by atoms with Gasteiger partial charge in [0.1, 0.15) is 0 Å². The Hall–Kier alpha value is -1.79. The van der Waals surface area contributed by atoms with Crippen LogP contribution >= 0.6 is 22.6 Å². The van der Waals surface area contributed by atoms with Crippen LogP contribution in [0.2, 0.25) is 0 Å². The minimum atomic E-state index is -0.310. The second-order valence-corrected chi connectivity index (χ2v) is 8.36. The molecule has 3 aromatic carbocycles. The molecule has 0 fully saturated rings. The number of esters is 1. The third-order valence-corrected chi connectivity index (χ3v) is 6.49. The lowest BCUT2D eigenvalue weighted by atomic mass is 10.2. The van der Waals surface area contributed by atoms with Gasteiger partial charge in [-0.25, -0.2) is 4.79 Å². The maximum atomic E-state index is 11.7. The number of methoxy groups -OCH3 is 1. The summed E-state index contributed by atoms with van der Waals surface area (Å²) in [4.78, 5) is 15.3. The molecule has 0 heterocycles. The molecule has 0 amide bonds. The highest BCUT2D eigenvalue weighted by atomic mass is 127. The van der Waals surface area contributed by atoms with Crippen molar-refractivity contribution in [3.63, 3.8) is 0 Å². The minimum Gasteiger partial charge on any atom is -0.465 e. The summed E-state index contributed by atoms with van der Waals surface area (Å²) in [5.74, 6) is -0.310. The second-order valence-electron chi connectivity index (χ2n) is 5.09. The Morgan fingerprint density at radius 3 is 1.83 bits per heavy atom. The number of ether oxygens (including phenoxy) is 1. The third kappa shape index (κ3) is 3.82. The van der Waals surface area contributed by atoms with E-state index in [4.69, 9.17) is 4.74 Å². The van der Waals surface area contributed by atoms with Crippen molar-refractivity contribution in [2.75, 3.05) is 7.11 Å². The fourth-order valence-corrected chi connectivity index (χ4v) is 4.80. The van der Waals surface area contributed by atoms with Crippen LogP contribution in [-0.2, 0) is 15.6 Å². The summed E-state index contributed by atoms with van der Waals surface area (Å²) in [7, 11) is 1.20. The monoisotopic (exact) mass is 447 g/mol. The number of carbonyl (C=O) groups excluding carboxylic acids is 1. The molecular weight excluding hydrogens is 431 g/mol. The molecule has 0 aliphatic rings. The van der Waals surface area contributed by atoms with E-state index < -0.39 is 0 Å². The van der Waals surface area contributed by atoms with Crippen LogP contribution < -0.4 is 0 Å². The van der Waals surface area contributed by atoms with Gasteiger partial charge in [0.05, 0.1) is 23.6 Å². The number of hydrogen-bond donors (Lipinski definition) is 0. The van der Waals surface area contributed by atoms with E-state index in [1.165, 1.54) is 25.4 Å². The Balaban J connectivity index is 2.05. The topological polar surface area (TPSA) is 26.3 Å². The minimum absolute atomic E-state index is 0.202. The SMILES string of the molecule is COC(=O)c1ccc([S+](c2ccccc2)c2ccc(I)cc2)cc1. The molecule has 0 bridgehead atoms. The number of rotatable bonds is 4. The van der Waals surface area contributed by atoms with Crippen LogP contribution in [-0.4, -0.2) is 13.1 Å². The van der Waals surface area contributed by atoms with E-state index in [1.54, 1.807) is 0 Å². The number of halogens is 1. The lowest BCUT2D eigenvalue weighted by molar-refractivity contribution is 0.0600. The van der Waals surface area contributed by atoms with Crippen molar-refractivity contribution in [3.05, 3.63) is 88.0 Å². The van der Waals surface area contributed by atoms with Crippen molar-refractivity contribution < 1.29 is 9.53 Å². The van der Waals surface area contributed by atoms with Crippen LogP contribution in [0.3, 0.4) is 0 Å². The Labute approximate surface area is 158 Å². The molecule has 2 nitrogen and oxygen atoms in total. The molecule has 0 saturated carbocycles. The first-order valence-corrected chi connectivity index (χ1v) is 9.72. The van der Waals surface area contributed by atoms with Gasteiger partial charge in [-0.05, 0) is 83.3 Å². The number of hydrogen-bond acceptors (Lipinski definition) is 2. The van der Waals surface area contributed by atoms with E-state index in [0.717, 1.165) is 0 Å². The van der Waals surface area contributed by atoms with Gasteiger partial charge in [0, 0.05) is 3.57 Å². The summed E-state index contributed by atoms with van der Waals surface area (Å²) in [6, 6.07) is 26.7. The molecule has 24 heavy (non-hydrogen) atoms. The molecule has 0 spiro atoms. The van der Waals surface area contributed by atoms with Crippen LogP contribution in [0.5, 0.6) is 0 Å². The van der Waals surface area contributed by atoms with Gasteiger partial charge < -0.3 is 4.74 Å². The van der Waals surface area contributed by atoms with Crippen molar-refractivity contribution in [2.45, 2.75) is 14.7 Å². The molecule has 0 aliphatic heterocycles. The van der Waals surface area contributed by atoms with Crippen LogP contribution in [0.25, 0.3) is 0 Å². The molecule has 120 valence electrons. The highest BCUT2D eigenvalue weighted by Gasteiger charge is 2.28. The van der Waals surface area contributed by atoms with Gasteiger partial charge >= 0.3 is 5.97 Å². The Morgan fingerprint density at radius 2 is 1.29 bits per heavy atom. The van der Waals surface area contributed by atoms with E-state index in [0.29, 0.717) is 5.56 Å². The van der Waals surface area contributed by atoms with Crippen molar-refractivity contribution in [3.8, 4) is 0 Å². The van der Waals surface area contributed by atoms with Crippen LogP contribution in [0.4, 0.5) is 0 Å². The third-order valence-electron chi connectivity index (χ3n) is 3.54. The smallest absolute Gasteiger partial charge is 0.337 e. The highest BCUT2D eigenvalue weighted by Crippen LogP contribution is 2.31. The first-order valence-electron chi connectivity index (χ1n) is 7.42. The molecule has 0 saturated heterocycles. The zero-order chi connectivity index (χ0) is 16.9. The van der Waals surface area contributed by atoms with E-state index >= 15 is 0 Å². The Bertz CT molecular complexity index is 815. The molecule has 0 aromatic heterocycles. The average Bonchev–Trinajstić information content (AvgIpc) is 2.64. The van der Waals surface area contributed by atoms with Gasteiger partial charge in [0.15, 0.2) is 14.7 Å². The number of carbonyl (C=O) groups is 1. The standard InChI is InChI=1S/C20H16IO2S/c1-23-20(22)15-7-11-18(12-8-15)24(17-5-3-2-4-6-17)19-13-9-16(21)10-14-19/h2-14H,1H3/q+1. The van der Waals surface area contributed by atoms with Crippen LogP contribution in [0.15, 0.2) is 93.5 Å². The molecule has 3 aromatic rings. The summed E-state index contributed by atoms with van der Waals surface area (Å²) < 4.78 is 6.00. The zero-order valence-electron chi connectivity index (χ0n) is 13.1. The molecule has 1 unspecified atom stereocenters. The Morgan fingerprint density at radius 1 is 0.792 bits per heavy atom. The largest absolute Gasteiger partial charge is 0.465 e. The van der Waals surface area contributed by atoms with Gasteiger partial charge in [-0.1, -0.05) is 18.2 Å². The van der Waals surface area contributed by atoms with E-state index in [1.807, 2.05) is 30.3 Å². The maximum Gasteiger partial charge on any atom is 0.337 e. The maximum absolute atomic E-state index is 11.7. The van der Waals surface area contributed by atoms with Crippen molar-refractivity contribution in [2.24, 2.45) is 0 Å². The average molecular weight is 447 g/mol. The second kappa shape index (κ2) is 7.85. The number of benzene rings is 3. The van der Waals surface area contributed by atoms with Gasteiger partial charge in [0.2, 0.25) is 0 Å². The van der Waals surface area contributed by atoms with Crippen molar-refractivity contribution in [1.29, 1.82) is 0 Å². The molecule has 0 aliphatic carbocycles. The summed E-state index contributed by atoms with van der Waals surface area (Å²) in [5, 5.41) is 0. The van der Waals surface area contributed by atoms with Crippen molar-refractivity contribution >= 4 is 39.5 Å².